The van der Waals surface area contributed by atoms with Crippen LogP contribution in [0.1, 0.15) is 26.2 Å². The van der Waals surface area contributed by atoms with Gasteiger partial charge in [-0.3, -0.25) is 0 Å². The number of nitrogens with one attached hydrogen (secondary N) is 2. The second-order valence-corrected chi connectivity index (χ2v) is 6.71. The number of sulfone groups is 1. The van der Waals surface area contributed by atoms with Crippen LogP contribution >= 0.6 is 0 Å². The summed E-state index contributed by atoms with van der Waals surface area (Å²) in [5, 5.41) is 13.7. The minimum absolute atomic E-state index is 0.149. The zero-order valence-corrected chi connectivity index (χ0v) is 11.7. The molecule has 0 aromatic carbocycles. The van der Waals surface area contributed by atoms with Gasteiger partial charge >= 0.3 is 6.01 Å². The summed E-state index contributed by atoms with van der Waals surface area (Å²) in [6, 6.07) is 0.673. The lowest BCUT2D eigenvalue weighted by molar-refractivity contribution is 0.458. The normalized spacial score (nSPS) is 12.0. The smallest absolute Gasteiger partial charge is 0.315 e. The van der Waals surface area contributed by atoms with Crippen LogP contribution in [0.5, 0.6) is 0 Å². The Labute approximate surface area is 107 Å². The molecule has 0 aliphatic heterocycles. The van der Waals surface area contributed by atoms with Crippen LogP contribution in [-0.4, -0.2) is 43.2 Å². The SMILES string of the molecule is CC(C)NCc1nnc(NCCCS(C)(=O)=O)o1. The van der Waals surface area contributed by atoms with Gasteiger partial charge in [-0.15, -0.1) is 5.10 Å². The van der Waals surface area contributed by atoms with E-state index in [0.717, 1.165) is 0 Å². The van der Waals surface area contributed by atoms with E-state index in [0.29, 0.717) is 37.5 Å². The molecule has 0 fully saturated rings. The molecule has 2 N–H and O–H groups in total. The van der Waals surface area contributed by atoms with E-state index in [2.05, 4.69) is 20.8 Å². The molecule has 0 aliphatic carbocycles. The maximum absolute atomic E-state index is 10.9. The zero-order chi connectivity index (χ0) is 13.6. The van der Waals surface area contributed by atoms with Gasteiger partial charge in [0.15, 0.2) is 0 Å². The Morgan fingerprint density at radius 3 is 2.67 bits per heavy atom. The van der Waals surface area contributed by atoms with Gasteiger partial charge in [-0.2, -0.15) is 0 Å². The van der Waals surface area contributed by atoms with E-state index in [1.807, 2.05) is 13.8 Å². The molecular weight excluding hydrogens is 256 g/mol. The molecule has 0 saturated carbocycles. The first kappa shape index (κ1) is 14.9. The zero-order valence-electron chi connectivity index (χ0n) is 10.9. The molecule has 18 heavy (non-hydrogen) atoms. The molecule has 0 bridgehead atoms. The van der Waals surface area contributed by atoms with E-state index in [9.17, 15) is 8.42 Å². The fourth-order valence-electron chi connectivity index (χ4n) is 1.22. The van der Waals surface area contributed by atoms with Crippen LogP contribution in [0.25, 0.3) is 0 Å². The fourth-order valence-corrected chi connectivity index (χ4v) is 1.89. The summed E-state index contributed by atoms with van der Waals surface area (Å²) in [6.07, 6.45) is 1.73. The molecule has 1 aromatic heterocycles. The minimum Gasteiger partial charge on any atom is -0.407 e. The standard InChI is InChI=1S/C10H20N4O3S/c1-8(2)12-7-9-13-14-10(17-9)11-5-4-6-18(3,15)16/h8,12H,4-7H2,1-3H3,(H,11,14). The third-order valence-corrected chi connectivity index (χ3v) is 3.13. The van der Waals surface area contributed by atoms with E-state index >= 15 is 0 Å². The van der Waals surface area contributed by atoms with E-state index in [1.54, 1.807) is 0 Å². The van der Waals surface area contributed by atoms with Gasteiger partial charge in [0.2, 0.25) is 5.89 Å². The van der Waals surface area contributed by atoms with Gasteiger partial charge in [0, 0.05) is 18.8 Å². The van der Waals surface area contributed by atoms with Gasteiger partial charge in [-0.1, -0.05) is 18.9 Å². The highest BCUT2D eigenvalue weighted by atomic mass is 32.2. The molecule has 0 radical (unpaired) electrons. The van der Waals surface area contributed by atoms with Crippen LogP contribution in [0.3, 0.4) is 0 Å². The number of hydrogen-bond donors (Lipinski definition) is 2. The number of nitrogens with zero attached hydrogens (tertiary/aromatic N) is 2. The Kier molecular flexibility index (Phi) is 5.54. The summed E-state index contributed by atoms with van der Waals surface area (Å²) in [4.78, 5) is 0. The Balaban J connectivity index is 2.27. The first-order valence-electron chi connectivity index (χ1n) is 5.84. The monoisotopic (exact) mass is 276 g/mol. The van der Waals surface area contributed by atoms with Crippen molar-refractivity contribution in [2.24, 2.45) is 0 Å². The molecule has 0 atom stereocenters. The Hall–Kier alpha value is -1.15. The summed E-state index contributed by atoms with van der Waals surface area (Å²) in [7, 11) is -2.91. The van der Waals surface area contributed by atoms with Crippen LogP contribution in [0, 0.1) is 0 Å². The van der Waals surface area contributed by atoms with Gasteiger partial charge in [0.25, 0.3) is 0 Å². The molecule has 8 heteroatoms. The lowest BCUT2D eigenvalue weighted by Crippen LogP contribution is -2.21. The van der Waals surface area contributed by atoms with Crippen LogP contribution < -0.4 is 10.6 Å². The van der Waals surface area contributed by atoms with Crippen molar-refractivity contribution in [1.29, 1.82) is 0 Å². The first-order valence-corrected chi connectivity index (χ1v) is 7.90. The third kappa shape index (κ3) is 6.55. The fraction of sp³-hybridized carbons (Fsp3) is 0.800. The highest BCUT2D eigenvalue weighted by Crippen LogP contribution is 2.05. The van der Waals surface area contributed by atoms with Gasteiger partial charge in [-0.25, -0.2) is 8.42 Å². The van der Waals surface area contributed by atoms with E-state index in [4.69, 9.17) is 4.42 Å². The van der Waals surface area contributed by atoms with E-state index < -0.39 is 9.84 Å². The molecule has 1 heterocycles. The largest absolute Gasteiger partial charge is 0.407 e. The van der Waals surface area contributed by atoms with Crippen molar-refractivity contribution in [2.75, 3.05) is 23.9 Å². The van der Waals surface area contributed by atoms with Gasteiger partial charge in [0.1, 0.15) is 9.84 Å². The van der Waals surface area contributed by atoms with Gasteiger partial charge in [0.05, 0.1) is 12.3 Å². The molecule has 0 unspecified atom stereocenters. The molecule has 104 valence electrons. The molecule has 1 rings (SSSR count). The lowest BCUT2D eigenvalue weighted by Gasteiger charge is -2.03. The van der Waals surface area contributed by atoms with Crippen molar-refractivity contribution < 1.29 is 12.8 Å². The Morgan fingerprint density at radius 2 is 2.06 bits per heavy atom. The first-order chi connectivity index (χ1) is 8.37. The van der Waals surface area contributed by atoms with Crippen molar-refractivity contribution in [2.45, 2.75) is 32.9 Å². The minimum atomic E-state index is -2.91. The van der Waals surface area contributed by atoms with Crippen molar-refractivity contribution in [1.82, 2.24) is 15.5 Å². The molecule has 0 spiro atoms. The Morgan fingerprint density at radius 1 is 1.33 bits per heavy atom. The average molecular weight is 276 g/mol. The second kappa shape index (κ2) is 6.69. The van der Waals surface area contributed by atoms with Crippen molar-refractivity contribution in [3.63, 3.8) is 0 Å². The van der Waals surface area contributed by atoms with Crippen LogP contribution in [0.4, 0.5) is 6.01 Å². The molecular formula is C10H20N4O3S. The number of aromatic nitrogens is 2. The molecule has 7 nitrogen and oxygen atoms in total. The number of rotatable bonds is 8. The quantitative estimate of drug-likeness (QED) is 0.664. The lowest BCUT2D eigenvalue weighted by atomic mass is 10.4. The van der Waals surface area contributed by atoms with Crippen LogP contribution in [-0.2, 0) is 16.4 Å². The maximum Gasteiger partial charge on any atom is 0.315 e. The number of hydrogen-bond acceptors (Lipinski definition) is 7. The predicted octanol–water partition coefficient (Wildman–Crippen LogP) is 0.414. The summed E-state index contributed by atoms with van der Waals surface area (Å²) in [5.74, 6) is 0.657. The number of anilines is 1. The summed E-state index contributed by atoms with van der Waals surface area (Å²) < 4.78 is 27.1. The topological polar surface area (TPSA) is 97.1 Å². The van der Waals surface area contributed by atoms with E-state index in [-0.39, 0.29) is 5.75 Å². The summed E-state index contributed by atoms with van der Waals surface area (Å²) in [6.45, 7) is 5.07. The van der Waals surface area contributed by atoms with Crippen LogP contribution in [0.2, 0.25) is 0 Å². The molecule has 0 amide bonds. The van der Waals surface area contributed by atoms with Gasteiger partial charge < -0.3 is 15.1 Å². The predicted molar refractivity (Wildman–Crippen MR) is 69.1 cm³/mol. The third-order valence-electron chi connectivity index (χ3n) is 2.10. The van der Waals surface area contributed by atoms with Crippen molar-refractivity contribution in [3.8, 4) is 0 Å². The summed E-state index contributed by atoms with van der Waals surface area (Å²) >= 11 is 0. The maximum atomic E-state index is 10.9. The molecule has 1 aromatic rings. The Bertz CT molecular complexity index is 455. The molecule has 0 saturated heterocycles. The molecule has 0 aliphatic rings. The highest BCUT2D eigenvalue weighted by Gasteiger charge is 2.06. The highest BCUT2D eigenvalue weighted by molar-refractivity contribution is 7.90. The van der Waals surface area contributed by atoms with Gasteiger partial charge in [-0.05, 0) is 6.42 Å². The van der Waals surface area contributed by atoms with E-state index in [1.165, 1.54) is 6.26 Å². The van der Waals surface area contributed by atoms with Crippen molar-refractivity contribution in [3.05, 3.63) is 5.89 Å². The summed E-state index contributed by atoms with van der Waals surface area (Å²) in [5.41, 5.74) is 0. The second-order valence-electron chi connectivity index (χ2n) is 4.45. The van der Waals surface area contributed by atoms with Crippen molar-refractivity contribution >= 4 is 15.9 Å². The van der Waals surface area contributed by atoms with Crippen LogP contribution in [0.15, 0.2) is 4.42 Å². The average Bonchev–Trinajstić information content (AvgIpc) is 2.68.